The van der Waals surface area contributed by atoms with Gasteiger partial charge in [0, 0.05) is 17.3 Å². The maximum absolute atomic E-state index is 13.5. The highest BCUT2D eigenvalue weighted by atomic mass is 19.1. The number of hydrogen-bond acceptors (Lipinski definition) is 4. The summed E-state index contributed by atoms with van der Waals surface area (Å²) in [5.41, 5.74) is 0.536. The summed E-state index contributed by atoms with van der Waals surface area (Å²) < 4.78 is 13.5. The van der Waals surface area contributed by atoms with Crippen molar-refractivity contribution in [2.45, 2.75) is 12.5 Å². The number of halogens is 1. The molecule has 1 atom stereocenters. The molecule has 0 fully saturated rings. The molecule has 0 saturated heterocycles. The molecule has 1 unspecified atom stereocenters. The smallest absolute Gasteiger partial charge is 0.306 e. The van der Waals surface area contributed by atoms with Crippen molar-refractivity contribution < 1.29 is 18.9 Å². The zero-order chi connectivity index (χ0) is 21.5. The van der Waals surface area contributed by atoms with Crippen LogP contribution in [0.5, 0.6) is 0 Å². The highest BCUT2D eigenvalue weighted by Crippen LogP contribution is 2.23. The van der Waals surface area contributed by atoms with E-state index in [-0.39, 0.29) is 18.0 Å². The first-order valence-electron chi connectivity index (χ1n) is 9.08. The summed E-state index contributed by atoms with van der Waals surface area (Å²) >= 11 is 0. The number of nitro benzene ring substituents is 1. The van der Waals surface area contributed by atoms with Gasteiger partial charge in [-0.3, -0.25) is 19.7 Å². The Labute approximate surface area is 171 Å². The van der Waals surface area contributed by atoms with E-state index in [0.717, 1.165) is 17.7 Å². The lowest BCUT2D eigenvalue weighted by atomic mass is 10.0. The normalized spacial score (nSPS) is 11.4. The number of rotatable bonds is 7. The molecule has 152 valence electrons. The van der Waals surface area contributed by atoms with Crippen LogP contribution in [0, 0.1) is 15.9 Å². The molecule has 7 nitrogen and oxygen atoms in total. The third-order valence-corrected chi connectivity index (χ3v) is 4.36. The lowest BCUT2D eigenvalue weighted by molar-refractivity contribution is -0.387. The number of carbonyl (C=O) groups is 2. The standard InChI is InChI=1S/C22H18FN3O4/c23-18-12-11-17(13-20(18)26(29)30)24-21(27)14-19(15-7-3-1-4-8-15)25-22(28)16-9-5-2-6-10-16/h1-13,19H,14H2,(H,24,27)(H,25,28). The summed E-state index contributed by atoms with van der Waals surface area (Å²) in [5.74, 6) is -1.82. The molecule has 0 heterocycles. The van der Waals surface area contributed by atoms with Gasteiger partial charge in [-0.2, -0.15) is 4.39 Å². The van der Waals surface area contributed by atoms with Gasteiger partial charge in [0.25, 0.3) is 5.91 Å². The molecule has 0 bridgehead atoms. The lowest BCUT2D eigenvalue weighted by Crippen LogP contribution is -2.31. The predicted octanol–water partition coefficient (Wildman–Crippen LogP) is 4.23. The van der Waals surface area contributed by atoms with E-state index < -0.39 is 28.4 Å². The number of nitro groups is 1. The maximum Gasteiger partial charge on any atom is 0.306 e. The van der Waals surface area contributed by atoms with Crippen molar-refractivity contribution in [3.8, 4) is 0 Å². The van der Waals surface area contributed by atoms with Crippen molar-refractivity contribution in [3.63, 3.8) is 0 Å². The molecule has 0 spiro atoms. The number of carbonyl (C=O) groups excluding carboxylic acids is 2. The molecule has 2 N–H and O–H groups in total. The second-order valence-corrected chi connectivity index (χ2v) is 6.48. The molecule has 0 aromatic heterocycles. The van der Waals surface area contributed by atoms with Gasteiger partial charge in [0.05, 0.1) is 17.4 Å². The molecule has 2 amide bonds. The van der Waals surface area contributed by atoms with Gasteiger partial charge in [-0.25, -0.2) is 0 Å². The Bertz CT molecular complexity index is 1060. The van der Waals surface area contributed by atoms with Gasteiger partial charge in [-0.1, -0.05) is 48.5 Å². The van der Waals surface area contributed by atoms with E-state index in [4.69, 9.17) is 0 Å². The van der Waals surface area contributed by atoms with Crippen molar-refractivity contribution in [1.82, 2.24) is 5.32 Å². The van der Waals surface area contributed by atoms with E-state index in [1.165, 1.54) is 6.07 Å². The minimum absolute atomic E-state index is 0.0919. The van der Waals surface area contributed by atoms with Crippen molar-refractivity contribution in [2.75, 3.05) is 5.32 Å². The Balaban J connectivity index is 1.76. The molecule has 0 radical (unpaired) electrons. The van der Waals surface area contributed by atoms with Gasteiger partial charge in [-0.05, 0) is 29.8 Å². The minimum Gasteiger partial charge on any atom is -0.345 e. The highest BCUT2D eigenvalue weighted by Gasteiger charge is 2.20. The Hall–Kier alpha value is -4.07. The third kappa shape index (κ3) is 5.26. The average molecular weight is 407 g/mol. The van der Waals surface area contributed by atoms with E-state index in [1.54, 1.807) is 54.6 Å². The Morgan fingerprint density at radius 3 is 2.23 bits per heavy atom. The topological polar surface area (TPSA) is 101 Å². The van der Waals surface area contributed by atoms with Gasteiger partial charge < -0.3 is 10.6 Å². The second-order valence-electron chi connectivity index (χ2n) is 6.48. The quantitative estimate of drug-likeness (QED) is 0.452. The summed E-state index contributed by atoms with van der Waals surface area (Å²) in [6.07, 6.45) is -0.117. The van der Waals surface area contributed by atoms with E-state index in [0.29, 0.717) is 5.56 Å². The van der Waals surface area contributed by atoms with Crippen molar-refractivity contribution >= 4 is 23.2 Å². The van der Waals surface area contributed by atoms with Crippen molar-refractivity contribution in [1.29, 1.82) is 0 Å². The molecule has 0 aliphatic heterocycles. The Morgan fingerprint density at radius 1 is 0.967 bits per heavy atom. The molecule has 0 aliphatic carbocycles. The van der Waals surface area contributed by atoms with Crippen LogP contribution in [0.2, 0.25) is 0 Å². The van der Waals surface area contributed by atoms with E-state index in [9.17, 15) is 24.1 Å². The molecule has 8 heteroatoms. The zero-order valence-electron chi connectivity index (χ0n) is 15.7. The van der Waals surface area contributed by atoms with E-state index in [2.05, 4.69) is 10.6 Å². The van der Waals surface area contributed by atoms with Gasteiger partial charge in [0.1, 0.15) is 0 Å². The van der Waals surface area contributed by atoms with Crippen LogP contribution < -0.4 is 10.6 Å². The molecule has 30 heavy (non-hydrogen) atoms. The van der Waals surface area contributed by atoms with Crippen LogP contribution in [0.1, 0.15) is 28.4 Å². The zero-order valence-corrected chi connectivity index (χ0v) is 15.7. The van der Waals surface area contributed by atoms with Gasteiger partial charge in [0.15, 0.2) is 0 Å². The van der Waals surface area contributed by atoms with Crippen LogP contribution in [-0.2, 0) is 4.79 Å². The fourth-order valence-corrected chi connectivity index (χ4v) is 2.90. The summed E-state index contributed by atoms with van der Waals surface area (Å²) in [7, 11) is 0. The predicted molar refractivity (Wildman–Crippen MR) is 109 cm³/mol. The second kappa shape index (κ2) is 9.42. The maximum atomic E-state index is 13.5. The molecule has 0 aliphatic rings. The summed E-state index contributed by atoms with van der Waals surface area (Å²) in [5, 5.41) is 16.2. The van der Waals surface area contributed by atoms with Crippen LogP contribution >= 0.6 is 0 Å². The number of amides is 2. The largest absolute Gasteiger partial charge is 0.345 e. The van der Waals surface area contributed by atoms with Gasteiger partial charge in [0.2, 0.25) is 11.7 Å². The minimum atomic E-state index is -0.990. The first-order chi connectivity index (χ1) is 14.4. The Kier molecular flexibility index (Phi) is 6.49. The molecular weight excluding hydrogens is 389 g/mol. The van der Waals surface area contributed by atoms with E-state index >= 15 is 0 Å². The number of anilines is 1. The monoisotopic (exact) mass is 407 g/mol. The third-order valence-electron chi connectivity index (χ3n) is 4.36. The lowest BCUT2D eigenvalue weighted by Gasteiger charge is -2.19. The summed E-state index contributed by atoms with van der Waals surface area (Å²) in [4.78, 5) is 35.1. The molecule has 3 rings (SSSR count). The van der Waals surface area contributed by atoms with Crippen LogP contribution in [0.25, 0.3) is 0 Å². The Morgan fingerprint density at radius 2 is 1.60 bits per heavy atom. The number of hydrogen-bond donors (Lipinski definition) is 2. The number of benzene rings is 3. The number of nitrogens with zero attached hydrogens (tertiary/aromatic N) is 1. The first-order valence-corrected chi connectivity index (χ1v) is 9.08. The fourth-order valence-electron chi connectivity index (χ4n) is 2.90. The average Bonchev–Trinajstić information content (AvgIpc) is 2.75. The van der Waals surface area contributed by atoms with Crippen LogP contribution in [0.3, 0.4) is 0 Å². The van der Waals surface area contributed by atoms with E-state index in [1.807, 2.05) is 6.07 Å². The van der Waals surface area contributed by atoms with Crippen molar-refractivity contribution in [2.24, 2.45) is 0 Å². The van der Waals surface area contributed by atoms with Crippen LogP contribution in [-0.4, -0.2) is 16.7 Å². The van der Waals surface area contributed by atoms with Gasteiger partial charge in [-0.15, -0.1) is 0 Å². The van der Waals surface area contributed by atoms with Crippen molar-refractivity contribution in [3.05, 3.63) is 106 Å². The molecule has 0 saturated carbocycles. The van der Waals surface area contributed by atoms with Gasteiger partial charge >= 0.3 is 5.69 Å². The molecule has 3 aromatic rings. The summed E-state index contributed by atoms with van der Waals surface area (Å²) in [6.45, 7) is 0. The molecule has 3 aromatic carbocycles. The highest BCUT2D eigenvalue weighted by molar-refractivity contribution is 5.96. The number of nitrogens with one attached hydrogen (secondary N) is 2. The molecular formula is C22H18FN3O4. The fraction of sp³-hybridized carbons (Fsp3) is 0.0909. The SMILES string of the molecule is O=C(CC(NC(=O)c1ccccc1)c1ccccc1)Nc1ccc(F)c([N+](=O)[O-])c1. The van der Waals surface area contributed by atoms with Crippen LogP contribution in [0.15, 0.2) is 78.9 Å². The first kappa shape index (κ1) is 20.7. The van der Waals surface area contributed by atoms with Crippen LogP contribution in [0.4, 0.5) is 15.8 Å². The summed E-state index contributed by atoms with van der Waals surface area (Å²) in [6, 6.07) is 20.0.